The van der Waals surface area contributed by atoms with Gasteiger partial charge in [-0.15, -0.1) is 0 Å². The van der Waals surface area contributed by atoms with Gasteiger partial charge in [-0.25, -0.2) is 0 Å². The zero-order valence-corrected chi connectivity index (χ0v) is 38.2. The van der Waals surface area contributed by atoms with Crippen LogP contribution in [0.25, 0.3) is 27.5 Å². The van der Waals surface area contributed by atoms with Gasteiger partial charge in [-0.2, -0.15) is 10.0 Å². The summed E-state index contributed by atoms with van der Waals surface area (Å²) in [5.41, 5.74) is 17.5. The van der Waals surface area contributed by atoms with Crippen molar-refractivity contribution in [2.75, 3.05) is 17.4 Å². The third-order valence-electron chi connectivity index (χ3n) is 13.2. The topological polar surface area (TPSA) is 8.17 Å². The maximum Gasteiger partial charge on any atom is 0.252 e. The highest BCUT2D eigenvalue weighted by Crippen LogP contribution is 2.58. The first-order valence-corrected chi connectivity index (χ1v) is 23.6. The fraction of sp³-hybridized carbons (Fsp3) is 0.333. The molecular formula is C54H61BN2S. The molecule has 0 spiro atoms. The number of hydrogen-bond acceptors (Lipinski definition) is 1. The Bertz CT molecular complexity index is 2780. The van der Waals surface area contributed by atoms with Gasteiger partial charge in [-0.1, -0.05) is 138 Å². The van der Waals surface area contributed by atoms with E-state index in [4.69, 9.17) is 0 Å². The van der Waals surface area contributed by atoms with Crippen molar-refractivity contribution >= 4 is 72.0 Å². The summed E-state index contributed by atoms with van der Waals surface area (Å²) in [5.74, 6) is 0. The van der Waals surface area contributed by atoms with Gasteiger partial charge in [0.2, 0.25) is 0 Å². The first-order chi connectivity index (χ1) is 27.0. The van der Waals surface area contributed by atoms with Crippen LogP contribution in [0.5, 0.6) is 0 Å². The highest BCUT2D eigenvalue weighted by molar-refractivity contribution is 8.32. The van der Waals surface area contributed by atoms with Gasteiger partial charge in [-0.3, -0.25) is 0 Å². The molecule has 0 bridgehead atoms. The number of aromatic nitrogens is 1. The van der Waals surface area contributed by atoms with Crippen molar-refractivity contribution in [3.05, 3.63) is 138 Å². The van der Waals surface area contributed by atoms with Crippen molar-refractivity contribution in [3.63, 3.8) is 0 Å². The second kappa shape index (κ2) is 12.7. The summed E-state index contributed by atoms with van der Waals surface area (Å²) in [6.45, 7) is 28.2. The predicted octanol–water partition coefficient (Wildman–Crippen LogP) is 13.1. The summed E-state index contributed by atoms with van der Waals surface area (Å²) in [6, 6.07) is 45.6. The zero-order valence-electron chi connectivity index (χ0n) is 37.3. The monoisotopic (exact) mass is 780 g/mol. The van der Waals surface area contributed by atoms with Crippen LogP contribution >= 0.6 is 10.0 Å². The highest BCUT2D eigenvalue weighted by Gasteiger charge is 2.44. The summed E-state index contributed by atoms with van der Waals surface area (Å²) >= 11 is 0. The van der Waals surface area contributed by atoms with Gasteiger partial charge in [0.05, 0.1) is 5.52 Å². The van der Waals surface area contributed by atoms with Crippen molar-refractivity contribution in [1.82, 2.24) is 4.57 Å². The van der Waals surface area contributed by atoms with Crippen LogP contribution < -0.4 is 21.3 Å². The van der Waals surface area contributed by atoms with E-state index >= 15 is 0 Å². The number of anilines is 3. The first kappa shape index (κ1) is 38.8. The van der Waals surface area contributed by atoms with Gasteiger partial charge in [0, 0.05) is 39.0 Å². The van der Waals surface area contributed by atoms with E-state index in [1.54, 1.807) is 0 Å². The van der Waals surface area contributed by atoms with Crippen molar-refractivity contribution < 1.29 is 0 Å². The van der Waals surface area contributed by atoms with Crippen molar-refractivity contribution in [2.24, 2.45) is 0 Å². The molecule has 0 amide bonds. The minimum absolute atomic E-state index is 0.000249. The Morgan fingerprint density at radius 1 is 0.448 bits per heavy atom. The molecule has 2 aliphatic heterocycles. The van der Waals surface area contributed by atoms with Gasteiger partial charge in [0.15, 0.2) is 0 Å². The minimum Gasteiger partial charge on any atom is -0.311 e. The Morgan fingerprint density at radius 2 is 0.983 bits per heavy atom. The standard InChI is InChI=1S/C54H61BN2S/c1-51(2,3)34-20-24-38(25-21-34)56-46-27-23-36(53(7,8)9)30-43(46)55-44-31-37(54(10,11)12)29-42-41-28-35(52(4,5)6)22-26-45(41)57(50(42)44)48-33-40(32-47(56)49(48)55)58(13,14)39-18-16-15-17-19-39/h15-33H,1-14H3. The van der Waals surface area contributed by atoms with E-state index in [1.807, 2.05) is 0 Å². The van der Waals surface area contributed by atoms with Gasteiger partial charge in [-0.05, 0) is 143 Å². The Kier molecular flexibility index (Phi) is 8.48. The molecule has 2 aliphatic rings. The van der Waals surface area contributed by atoms with Crippen LogP contribution in [0.15, 0.2) is 125 Å². The lowest BCUT2D eigenvalue weighted by Crippen LogP contribution is -2.60. The van der Waals surface area contributed by atoms with Crippen LogP contribution in [0.1, 0.15) is 105 Å². The van der Waals surface area contributed by atoms with Crippen LogP contribution in [0, 0.1) is 0 Å². The van der Waals surface area contributed by atoms with Crippen molar-refractivity contribution in [3.8, 4) is 5.69 Å². The fourth-order valence-corrected chi connectivity index (χ4v) is 11.4. The first-order valence-electron chi connectivity index (χ1n) is 21.2. The maximum atomic E-state index is 2.66. The molecule has 2 nitrogen and oxygen atoms in total. The molecule has 0 N–H and O–H groups in total. The summed E-state index contributed by atoms with van der Waals surface area (Å²) in [6.07, 6.45) is 4.96. The third-order valence-corrected chi connectivity index (χ3v) is 16.0. The molecular weight excluding hydrogens is 719 g/mol. The van der Waals surface area contributed by atoms with E-state index in [0.717, 1.165) is 0 Å². The molecule has 6 aromatic carbocycles. The highest BCUT2D eigenvalue weighted by atomic mass is 32.3. The maximum absolute atomic E-state index is 2.66. The molecule has 0 fully saturated rings. The lowest BCUT2D eigenvalue weighted by molar-refractivity contribution is 0.590. The number of benzene rings is 6. The Balaban J connectivity index is 1.48. The van der Waals surface area contributed by atoms with Crippen LogP contribution in [-0.2, 0) is 21.7 Å². The van der Waals surface area contributed by atoms with E-state index < -0.39 is 10.0 Å². The van der Waals surface area contributed by atoms with Crippen LogP contribution in [-0.4, -0.2) is 23.8 Å². The predicted molar refractivity (Wildman–Crippen MR) is 257 cm³/mol. The van der Waals surface area contributed by atoms with E-state index in [9.17, 15) is 0 Å². The SMILES string of the molecule is CC(C)(C)c1ccc(N2c3ccc(C(C)(C)C)cc3B3c4c2cc(S(C)(C)c2ccccc2)cc4-n2c4ccc(C(C)(C)C)cc4c4cc(C(C)(C)C)cc3c42)cc1. The number of rotatable bonds is 3. The zero-order chi connectivity index (χ0) is 41.5. The minimum atomic E-state index is -1.41. The summed E-state index contributed by atoms with van der Waals surface area (Å²) in [5, 5.41) is 2.71. The second-order valence-corrected chi connectivity index (χ2v) is 25.2. The molecule has 1 aromatic heterocycles. The van der Waals surface area contributed by atoms with Crippen LogP contribution in [0.3, 0.4) is 0 Å². The van der Waals surface area contributed by atoms with Gasteiger partial charge in [0.1, 0.15) is 0 Å². The largest absolute Gasteiger partial charge is 0.311 e. The third kappa shape index (κ3) is 5.99. The smallest absolute Gasteiger partial charge is 0.252 e. The molecule has 0 radical (unpaired) electrons. The number of hydrogen-bond donors (Lipinski definition) is 0. The van der Waals surface area contributed by atoms with E-state index in [0.29, 0.717) is 0 Å². The molecule has 0 atom stereocenters. The Labute approximate surface area is 350 Å². The average Bonchev–Trinajstić information content (AvgIpc) is 3.49. The van der Waals surface area contributed by atoms with Gasteiger partial charge >= 0.3 is 0 Å². The molecule has 296 valence electrons. The molecule has 0 saturated carbocycles. The van der Waals surface area contributed by atoms with E-state index in [-0.39, 0.29) is 28.4 Å². The number of fused-ring (bicyclic) bond motifs is 7. The van der Waals surface area contributed by atoms with Crippen molar-refractivity contribution in [2.45, 2.75) is 115 Å². The molecule has 0 aliphatic carbocycles. The lowest BCUT2D eigenvalue weighted by Gasteiger charge is -2.43. The Morgan fingerprint density at radius 3 is 1.60 bits per heavy atom. The van der Waals surface area contributed by atoms with E-state index in [1.165, 1.54) is 93.0 Å². The van der Waals surface area contributed by atoms with Gasteiger partial charge in [0.25, 0.3) is 6.71 Å². The molecule has 0 unspecified atom stereocenters. The fourth-order valence-electron chi connectivity index (χ4n) is 9.46. The lowest BCUT2D eigenvalue weighted by atomic mass is 9.33. The quantitative estimate of drug-likeness (QED) is 0.162. The van der Waals surface area contributed by atoms with Crippen LogP contribution in [0.4, 0.5) is 17.1 Å². The summed E-state index contributed by atoms with van der Waals surface area (Å²) in [7, 11) is -1.41. The van der Waals surface area contributed by atoms with E-state index in [2.05, 4.69) is 220 Å². The Hall–Kier alpha value is -4.67. The molecule has 58 heavy (non-hydrogen) atoms. The average molecular weight is 781 g/mol. The number of nitrogens with zero attached hydrogens (tertiary/aromatic N) is 2. The summed E-state index contributed by atoms with van der Waals surface area (Å²) in [4.78, 5) is 5.40. The van der Waals surface area contributed by atoms with Crippen LogP contribution in [0.2, 0.25) is 0 Å². The van der Waals surface area contributed by atoms with Crippen molar-refractivity contribution in [1.29, 1.82) is 0 Å². The van der Waals surface area contributed by atoms with Gasteiger partial charge < -0.3 is 9.47 Å². The molecule has 9 rings (SSSR count). The molecule has 7 aromatic rings. The summed E-state index contributed by atoms with van der Waals surface area (Å²) < 4.78 is 2.66. The molecule has 3 heterocycles. The molecule has 4 heteroatoms. The second-order valence-electron chi connectivity index (χ2n) is 21.6. The molecule has 0 saturated heterocycles. The normalized spacial score (nSPS) is 14.6.